The first-order chi connectivity index (χ1) is 11.6. The number of benzene rings is 2. The van der Waals surface area contributed by atoms with Crippen LogP contribution in [0.5, 0.6) is 11.5 Å². The molecule has 0 aliphatic rings. The van der Waals surface area contributed by atoms with Crippen molar-refractivity contribution in [1.29, 1.82) is 0 Å². The molecule has 3 rings (SSSR count). The molecule has 0 spiro atoms. The smallest absolute Gasteiger partial charge is 0.272 e. The number of alkyl halides is 1. The first-order valence-electron chi connectivity index (χ1n) is 7.46. The molecule has 3 aromatic rings. The van der Waals surface area contributed by atoms with E-state index in [1.165, 1.54) is 6.07 Å². The molecular weight excluding hydrogens is 328 g/mol. The number of H-pyrrole nitrogens is 1. The Morgan fingerprint density at radius 1 is 1.25 bits per heavy atom. The highest BCUT2D eigenvalue weighted by atomic mass is 35.5. The summed E-state index contributed by atoms with van der Waals surface area (Å²) in [4.78, 5) is 15.6. The number of phenols is 1. The molecule has 24 heavy (non-hydrogen) atoms. The molecule has 0 unspecified atom stereocenters. The maximum Gasteiger partial charge on any atom is 0.272 e. The van der Waals surface area contributed by atoms with Gasteiger partial charge in [0.15, 0.2) is 0 Å². The number of nitrogens with one attached hydrogen (secondary N) is 2. The fraction of sp³-hybridized carbons (Fsp3) is 0.167. The van der Waals surface area contributed by atoms with E-state index in [2.05, 4.69) is 10.3 Å². The molecule has 0 aliphatic heterocycles. The largest absolute Gasteiger partial charge is 0.508 e. The van der Waals surface area contributed by atoms with Crippen LogP contribution in [0.2, 0.25) is 0 Å². The number of aromatic hydroxyl groups is 1. The van der Waals surface area contributed by atoms with Gasteiger partial charge in [0.1, 0.15) is 17.2 Å². The van der Waals surface area contributed by atoms with Crippen molar-refractivity contribution < 1.29 is 14.6 Å². The monoisotopic (exact) mass is 344 g/mol. The SMILES string of the molecule is COc1ccc2[nH]c(C(=O)Nc3cc(O)ccc3CCCl)cc2c1. The standard InChI is InChI=1S/C18H17ClN2O3/c1-24-14-4-5-15-12(8-14)9-17(20-15)18(23)21-16-10-13(22)3-2-11(16)6-7-19/h2-5,8-10,20,22H,6-7H2,1H3,(H,21,23). The fourth-order valence-corrected chi connectivity index (χ4v) is 2.75. The van der Waals surface area contributed by atoms with Crippen molar-refractivity contribution >= 4 is 34.1 Å². The van der Waals surface area contributed by atoms with Crippen molar-refractivity contribution in [3.8, 4) is 11.5 Å². The number of phenolic OH excluding ortho intramolecular Hbond substituents is 1. The average Bonchev–Trinajstić information content (AvgIpc) is 3.00. The van der Waals surface area contributed by atoms with Gasteiger partial charge in [-0.15, -0.1) is 11.6 Å². The first kappa shape index (κ1) is 16.2. The summed E-state index contributed by atoms with van der Waals surface area (Å²) in [5, 5.41) is 13.4. The van der Waals surface area contributed by atoms with E-state index in [1.54, 1.807) is 25.3 Å². The number of carbonyl (C=O) groups is 1. The van der Waals surface area contributed by atoms with Gasteiger partial charge in [0.2, 0.25) is 0 Å². The second kappa shape index (κ2) is 6.84. The fourth-order valence-electron chi connectivity index (χ4n) is 2.55. The molecule has 1 heterocycles. The van der Waals surface area contributed by atoms with Crippen LogP contribution in [0.3, 0.4) is 0 Å². The maximum atomic E-state index is 12.5. The van der Waals surface area contributed by atoms with Crippen LogP contribution < -0.4 is 10.1 Å². The zero-order valence-corrected chi connectivity index (χ0v) is 13.9. The van der Waals surface area contributed by atoms with Crippen molar-refractivity contribution in [1.82, 2.24) is 4.98 Å². The molecule has 0 saturated carbocycles. The van der Waals surface area contributed by atoms with Crippen molar-refractivity contribution in [2.24, 2.45) is 0 Å². The van der Waals surface area contributed by atoms with Crippen LogP contribution in [0.15, 0.2) is 42.5 Å². The number of amides is 1. The number of aromatic amines is 1. The topological polar surface area (TPSA) is 74.4 Å². The van der Waals surface area contributed by atoms with Crippen molar-refractivity contribution in [3.05, 3.63) is 53.7 Å². The first-order valence-corrected chi connectivity index (χ1v) is 8.00. The Bertz CT molecular complexity index is 889. The van der Waals surface area contributed by atoms with Gasteiger partial charge in [0.25, 0.3) is 5.91 Å². The van der Waals surface area contributed by atoms with Crippen LogP contribution in [0.4, 0.5) is 5.69 Å². The van der Waals surface area contributed by atoms with Gasteiger partial charge in [-0.2, -0.15) is 0 Å². The van der Waals surface area contributed by atoms with Crippen molar-refractivity contribution in [2.75, 3.05) is 18.3 Å². The Labute approximate surface area is 144 Å². The molecule has 1 amide bonds. The second-order valence-electron chi connectivity index (χ2n) is 5.37. The van der Waals surface area contributed by atoms with Gasteiger partial charge in [-0.1, -0.05) is 6.07 Å². The summed E-state index contributed by atoms with van der Waals surface area (Å²) in [6.07, 6.45) is 0.599. The minimum Gasteiger partial charge on any atom is -0.508 e. The molecule has 5 nitrogen and oxygen atoms in total. The summed E-state index contributed by atoms with van der Waals surface area (Å²) in [6.45, 7) is 0. The van der Waals surface area contributed by atoms with E-state index in [9.17, 15) is 9.90 Å². The molecule has 0 radical (unpaired) electrons. The molecule has 6 heteroatoms. The number of hydrogen-bond acceptors (Lipinski definition) is 3. The number of fused-ring (bicyclic) bond motifs is 1. The number of anilines is 1. The van der Waals surface area contributed by atoms with Gasteiger partial charge in [-0.05, 0) is 42.3 Å². The van der Waals surface area contributed by atoms with Crippen LogP contribution in [-0.2, 0) is 6.42 Å². The number of rotatable bonds is 5. The lowest BCUT2D eigenvalue weighted by Crippen LogP contribution is -2.13. The van der Waals surface area contributed by atoms with E-state index in [0.717, 1.165) is 22.2 Å². The van der Waals surface area contributed by atoms with Gasteiger partial charge in [0.05, 0.1) is 7.11 Å². The van der Waals surface area contributed by atoms with E-state index >= 15 is 0 Å². The van der Waals surface area contributed by atoms with Crippen LogP contribution in [0, 0.1) is 0 Å². The van der Waals surface area contributed by atoms with Crippen LogP contribution in [0.1, 0.15) is 16.1 Å². The number of aryl methyl sites for hydroxylation is 1. The van der Waals surface area contributed by atoms with Gasteiger partial charge in [0, 0.05) is 28.5 Å². The third kappa shape index (κ3) is 3.31. The molecule has 1 aromatic heterocycles. The summed E-state index contributed by atoms with van der Waals surface area (Å²) < 4.78 is 5.19. The Morgan fingerprint density at radius 2 is 2.08 bits per heavy atom. The number of carbonyl (C=O) groups excluding carboxylic acids is 1. The van der Waals surface area contributed by atoms with E-state index in [-0.39, 0.29) is 11.7 Å². The average molecular weight is 345 g/mol. The van der Waals surface area contributed by atoms with Gasteiger partial charge >= 0.3 is 0 Å². The summed E-state index contributed by atoms with van der Waals surface area (Å²) in [7, 11) is 1.60. The summed E-state index contributed by atoms with van der Waals surface area (Å²) >= 11 is 5.79. The second-order valence-corrected chi connectivity index (χ2v) is 5.75. The normalized spacial score (nSPS) is 10.8. The molecule has 3 N–H and O–H groups in total. The number of methoxy groups -OCH3 is 1. The van der Waals surface area contributed by atoms with E-state index in [0.29, 0.717) is 23.7 Å². The highest BCUT2D eigenvalue weighted by Crippen LogP contribution is 2.25. The minimum absolute atomic E-state index is 0.0880. The van der Waals surface area contributed by atoms with Crippen LogP contribution >= 0.6 is 11.6 Å². The quantitative estimate of drug-likeness (QED) is 0.614. The Morgan fingerprint density at radius 3 is 2.83 bits per heavy atom. The molecule has 0 fully saturated rings. The molecular formula is C18H17ClN2O3. The number of aromatic nitrogens is 1. The van der Waals surface area contributed by atoms with E-state index in [4.69, 9.17) is 16.3 Å². The van der Waals surface area contributed by atoms with E-state index in [1.807, 2.05) is 18.2 Å². The van der Waals surface area contributed by atoms with Crippen LogP contribution in [-0.4, -0.2) is 29.0 Å². The molecule has 2 aromatic carbocycles. The lowest BCUT2D eigenvalue weighted by Gasteiger charge is -2.10. The van der Waals surface area contributed by atoms with Gasteiger partial charge in [-0.25, -0.2) is 0 Å². The lowest BCUT2D eigenvalue weighted by molar-refractivity contribution is 0.102. The van der Waals surface area contributed by atoms with Crippen molar-refractivity contribution in [3.63, 3.8) is 0 Å². The number of hydrogen-bond donors (Lipinski definition) is 3. The highest BCUT2D eigenvalue weighted by molar-refractivity contribution is 6.18. The Balaban J connectivity index is 1.88. The van der Waals surface area contributed by atoms with Gasteiger partial charge < -0.3 is 20.1 Å². The Hall–Kier alpha value is -2.66. The predicted octanol–water partition coefficient (Wildman–Crippen LogP) is 3.92. The van der Waals surface area contributed by atoms with E-state index < -0.39 is 0 Å². The molecule has 0 saturated heterocycles. The third-order valence-electron chi connectivity index (χ3n) is 3.78. The third-order valence-corrected chi connectivity index (χ3v) is 3.97. The minimum atomic E-state index is -0.286. The summed E-state index contributed by atoms with van der Waals surface area (Å²) in [5.74, 6) is 0.960. The summed E-state index contributed by atoms with van der Waals surface area (Å²) in [6, 6.07) is 12.2. The van der Waals surface area contributed by atoms with Gasteiger partial charge in [-0.3, -0.25) is 4.79 Å². The van der Waals surface area contributed by atoms with Crippen LogP contribution in [0.25, 0.3) is 10.9 Å². The number of halogens is 1. The predicted molar refractivity (Wildman–Crippen MR) is 95.3 cm³/mol. The number of ether oxygens (including phenoxy) is 1. The maximum absolute atomic E-state index is 12.5. The summed E-state index contributed by atoms with van der Waals surface area (Å²) in [5.41, 5.74) is 2.70. The van der Waals surface area contributed by atoms with Crippen molar-refractivity contribution in [2.45, 2.75) is 6.42 Å². The zero-order chi connectivity index (χ0) is 17.1. The Kier molecular flexibility index (Phi) is 4.62. The molecule has 0 bridgehead atoms. The molecule has 0 atom stereocenters. The molecule has 124 valence electrons. The zero-order valence-electron chi connectivity index (χ0n) is 13.1. The molecule has 0 aliphatic carbocycles. The highest BCUT2D eigenvalue weighted by Gasteiger charge is 2.13. The lowest BCUT2D eigenvalue weighted by atomic mass is 10.1.